The van der Waals surface area contributed by atoms with Crippen molar-refractivity contribution in [2.24, 2.45) is 4.99 Å². The first kappa shape index (κ1) is 15.8. The summed E-state index contributed by atoms with van der Waals surface area (Å²) >= 11 is 0. The summed E-state index contributed by atoms with van der Waals surface area (Å²) in [6.45, 7) is 7.88. The smallest absolute Gasteiger partial charge is 0.211 e. The first-order valence-electron chi connectivity index (χ1n) is 4.90. The molecule has 0 heterocycles. The monoisotopic (exact) mass is 205 g/mol. The minimum atomic E-state index is 1.17. The highest BCUT2D eigenvalue weighted by Crippen LogP contribution is 1.97. The first-order valence-corrected chi connectivity index (χ1v) is 4.90. The van der Waals surface area contributed by atoms with Crippen LogP contribution in [0.4, 0.5) is 0 Å². The highest BCUT2D eigenvalue weighted by atomic mass is 16.1. The molecule has 1 aromatic rings. The Bertz CT molecular complexity index is 274. The second-order valence-electron chi connectivity index (χ2n) is 2.64. The minimum Gasteiger partial charge on any atom is -0.211 e. The molecule has 0 fully saturated rings. The molecule has 0 amide bonds. The van der Waals surface area contributed by atoms with Crippen LogP contribution >= 0.6 is 0 Å². The zero-order valence-corrected chi connectivity index (χ0v) is 9.73. The number of aliphatic imine (C=N–C) groups is 1. The largest absolute Gasteiger partial charge is 0.234 e. The molecule has 15 heavy (non-hydrogen) atoms. The third-order valence-corrected chi connectivity index (χ3v) is 1.13. The van der Waals surface area contributed by atoms with E-state index >= 15 is 0 Å². The van der Waals surface area contributed by atoms with Crippen LogP contribution in [0.25, 0.3) is 6.08 Å². The van der Waals surface area contributed by atoms with Crippen LogP contribution in [0.3, 0.4) is 0 Å². The summed E-state index contributed by atoms with van der Waals surface area (Å²) in [4.78, 5) is 11.8. The van der Waals surface area contributed by atoms with Gasteiger partial charge in [-0.05, 0) is 5.56 Å². The van der Waals surface area contributed by atoms with Gasteiger partial charge in [-0.3, -0.25) is 0 Å². The van der Waals surface area contributed by atoms with Crippen LogP contribution < -0.4 is 0 Å². The fourth-order valence-corrected chi connectivity index (χ4v) is 0.589. The number of isocyanates is 1. The van der Waals surface area contributed by atoms with Crippen molar-refractivity contribution in [3.8, 4) is 0 Å². The molecular formula is C13H19NO. The van der Waals surface area contributed by atoms with E-state index in [9.17, 15) is 0 Å². The van der Waals surface area contributed by atoms with E-state index in [1.165, 1.54) is 25.1 Å². The predicted molar refractivity (Wildman–Crippen MR) is 66.5 cm³/mol. The second-order valence-corrected chi connectivity index (χ2v) is 2.64. The molecule has 0 saturated heterocycles. The van der Waals surface area contributed by atoms with Gasteiger partial charge in [-0.15, -0.1) is 0 Å². The van der Waals surface area contributed by atoms with Crippen molar-refractivity contribution in [2.45, 2.75) is 20.3 Å². The topological polar surface area (TPSA) is 29.4 Å². The quantitative estimate of drug-likeness (QED) is 0.507. The van der Waals surface area contributed by atoms with Gasteiger partial charge in [0.25, 0.3) is 0 Å². The molecule has 0 spiro atoms. The van der Waals surface area contributed by atoms with Crippen molar-refractivity contribution in [2.75, 3.05) is 7.05 Å². The number of carbonyl (C=O) groups excluding carboxylic acids is 1. The highest BCUT2D eigenvalue weighted by Gasteiger charge is 1.75. The fourth-order valence-electron chi connectivity index (χ4n) is 0.589. The Morgan fingerprint density at radius 3 is 1.93 bits per heavy atom. The highest BCUT2D eigenvalue weighted by molar-refractivity contribution is 5.45. The summed E-state index contributed by atoms with van der Waals surface area (Å²) in [5, 5.41) is 0. The molecule has 0 aliphatic carbocycles. The molecule has 0 saturated carbocycles. The molecule has 82 valence electrons. The van der Waals surface area contributed by atoms with Crippen molar-refractivity contribution in [1.82, 2.24) is 0 Å². The standard InChI is InChI=1S/C8H8.C3H8.C2H3NO/c1-2-8-6-4-3-5-7-8;1-3-2;1-3-2-4/h2-7H,1H2;3H2,1-2H3;1H3. The Hall–Kier alpha value is -1.66. The first-order chi connectivity index (χ1) is 7.26. The van der Waals surface area contributed by atoms with Gasteiger partial charge in [0.15, 0.2) is 0 Å². The van der Waals surface area contributed by atoms with Gasteiger partial charge >= 0.3 is 0 Å². The van der Waals surface area contributed by atoms with Crippen molar-refractivity contribution < 1.29 is 4.79 Å². The normalized spacial score (nSPS) is 6.87. The van der Waals surface area contributed by atoms with E-state index in [1.54, 1.807) is 0 Å². The molecule has 0 aromatic heterocycles. The van der Waals surface area contributed by atoms with Crippen LogP contribution in [0, 0.1) is 0 Å². The van der Waals surface area contributed by atoms with Crippen molar-refractivity contribution in [1.29, 1.82) is 0 Å². The third-order valence-electron chi connectivity index (χ3n) is 1.13. The van der Waals surface area contributed by atoms with Gasteiger partial charge in [-0.2, -0.15) is 0 Å². The zero-order valence-electron chi connectivity index (χ0n) is 9.73. The maximum absolute atomic E-state index is 8.88. The average Bonchev–Trinajstić information content (AvgIpc) is 2.31. The number of hydrogen-bond acceptors (Lipinski definition) is 2. The van der Waals surface area contributed by atoms with E-state index in [1.807, 2.05) is 36.4 Å². The maximum Gasteiger partial charge on any atom is 0.234 e. The summed E-state index contributed by atoms with van der Waals surface area (Å²) in [5.41, 5.74) is 1.17. The van der Waals surface area contributed by atoms with Gasteiger partial charge in [0, 0.05) is 7.05 Å². The maximum atomic E-state index is 8.88. The second kappa shape index (κ2) is 14.8. The molecule has 0 bridgehead atoms. The van der Waals surface area contributed by atoms with Gasteiger partial charge in [0.05, 0.1) is 0 Å². The van der Waals surface area contributed by atoms with Gasteiger partial charge in [0.1, 0.15) is 0 Å². The van der Waals surface area contributed by atoms with Crippen LogP contribution in [-0.2, 0) is 4.79 Å². The summed E-state index contributed by atoms with van der Waals surface area (Å²) in [6, 6.07) is 10.0. The molecule has 1 aromatic carbocycles. The van der Waals surface area contributed by atoms with Gasteiger partial charge < -0.3 is 0 Å². The van der Waals surface area contributed by atoms with Crippen molar-refractivity contribution >= 4 is 12.2 Å². The van der Waals surface area contributed by atoms with E-state index in [2.05, 4.69) is 25.4 Å². The molecule has 0 aliphatic heterocycles. The van der Waals surface area contributed by atoms with Crippen LogP contribution in [0.15, 0.2) is 41.9 Å². The van der Waals surface area contributed by atoms with E-state index in [4.69, 9.17) is 4.79 Å². The van der Waals surface area contributed by atoms with Crippen molar-refractivity contribution in [3.63, 3.8) is 0 Å². The molecule has 2 nitrogen and oxygen atoms in total. The Labute approximate surface area is 92.4 Å². The van der Waals surface area contributed by atoms with Crippen LogP contribution in [0.2, 0.25) is 0 Å². The van der Waals surface area contributed by atoms with E-state index in [0.717, 1.165) is 0 Å². The fraction of sp³-hybridized carbons (Fsp3) is 0.308. The third kappa shape index (κ3) is 15.1. The lowest BCUT2D eigenvalue weighted by Gasteiger charge is -1.85. The molecule has 0 aliphatic rings. The number of nitrogens with zero attached hydrogens (tertiary/aromatic N) is 1. The Balaban J connectivity index is 0. The van der Waals surface area contributed by atoms with Gasteiger partial charge in [-0.25, -0.2) is 9.79 Å². The minimum absolute atomic E-state index is 1.17. The molecule has 2 heteroatoms. The lowest BCUT2D eigenvalue weighted by atomic mass is 10.2. The number of rotatable bonds is 1. The molecule has 0 atom stereocenters. The predicted octanol–water partition coefficient (Wildman–Crippen LogP) is 3.70. The molecular weight excluding hydrogens is 186 g/mol. The SMILES string of the molecule is C=Cc1ccccc1.CCC.CN=C=O. The van der Waals surface area contributed by atoms with E-state index in [0.29, 0.717) is 0 Å². The zero-order chi connectivity index (χ0) is 11.9. The average molecular weight is 205 g/mol. The summed E-state index contributed by atoms with van der Waals surface area (Å²) in [6.07, 6.45) is 4.39. The van der Waals surface area contributed by atoms with Crippen molar-refractivity contribution in [3.05, 3.63) is 42.5 Å². The Kier molecular flexibility index (Phi) is 15.6. The molecule has 0 unspecified atom stereocenters. The Morgan fingerprint density at radius 2 is 1.73 bits per heavy atom. The number of hydrogen-bond donors (Lipinski definition) is 0. The molecule has 0 N–H and O–H groups in total. The number of benzene rings is 1. The lowest BCUT2D eigenvalue weighted by Crippen LogP contribution is -1.63. The molecule has 1 rings (SSSR count). The summed E-state index contributed by atoms with van der Waals surface area (Å²) in [7, 11) is 1.38. The Morgan fingerprint density at radius 1 is 1.33 bits per heavy atom. The van der Waals surface area contributed by atoms with Gasteiger partial charge in [0.2, 0.25) is 6.08 Å². The van der Waals surface area contributed by atoms with Gasteiger partial charge in [-0.1, -0.05) is 63.3 Å². The summed E-state index contributed by atoms with van der Waals surface area (Å²) in [5.74, 6) is 0. The summed E-state index contributed by atoms with van der Waals surface area (Å²) < 4.78 is 0. The van der Waals surface area contributed by atoms with Crippen LogP contribution in [0.5, 0.6) is 0 Å². The van der Waals surface area contributed by atoms with Crippen LogP contribution in [0.1, 0.15) is 25.8 Å². The van der Waals surface area contributed by atoms with E-state index < -0.39 is 0 Å². The van der Waals surface area contributed by atoms with Crippen LogP contribution in [-0.4, -0.2) is 13.1 Å². The molecule has 0 radical (unpaired) electrons. The lowest BCUT2D eigenvalue weighted by molar-refractivity contribution is 0.564. The van der Waals surface area contributed by atoms with E-state index in [-0.39, 0.29) is 0 Å².